The van der Waals surface area contributed by atoms with Gasteiger partial charge >= 0.3 is 0 Å². The number of hydrogen-bond acceptors (Lipinski definition) is 3. The summed E-state index contributed by atoms with van der Waals surface area (Å²) < 4.78 is 18.9. The molecule has 3 nitrogen and oxygen atoms in total. The summed E-state index contributed by atoms with van der Waals surface area (Å²) >= 11 is 7.16. The quantitative estimate of drug-likeness (QED) is 0.123. The predicted octanol–water partition coefficient (Wildman–Crippen LogP) is 11.5. The number of alkyl halides is 2. The van der Waals surface area contributed by atoms with E-state index in [-0.39, 0.29) is 0 Å². The number of benzene rings is 2. The highest BCUT2D eigenvalue weighted by molar-refractivity contribution is 9.08. The first kappa shape index (κ1) is 35.0. The summed E-state index contributed by atoms with van der Waals surface area (Å²) in [6, 6.07) is 12.6. The van der Waals surface area contributed by atoms with E-state index in [1.165, 1.54) is 44.1 Å². The third-order valence-electron chi connectivity index (χ3n) is 7.48. The summed E-state index contributed by atoms with van der Waals surface area (Å²) in [7, 11) is 0. The summed E-state index contributed by atoms with van der Waals surface area (Å²) in [6.45, 7) is 15.8. The van der Waals surface area contributed by atoms with Gasteiger partial charge in [0.05, 0.1) is 13.2 Å². The minimum Gasteiger partial charge on any atom is -0.493 e. The van der Waals surface area contributed by atoms with Gasteiger partial charge in [-0.3, -0.25) is 0 Å². The van der Waals surface area contributed by atoms with E-state index >= 15 is 0 Å². The molecule has 0 amide bonds. The monoisotopic (exact) mass is 680 g/mol. The van der Waals surface area contributed by atoms with Crippen molar-refractivity contribution in [3.05, 3.63) is 53.1 Å². The zero-order chi connectivity index (χ0) is 29.3. The normalized spacial score (nSPS) is 13.1. The molecule has 2 aromatic carbocycles. The van der Waals surface area contributed by atoms with Crippen molar-refractivity contribution >= 4 is 31.9 Å². The Hall–Kier alpha value is -1.20. The van der Waals surface area contributed by atoms with E-state index in [4.69, 9.17) is 14.2 Å². The van der Waals surface area contributed by atoms with Crippen LogP contribution in [0.3, 0.4) is 0 Å². The summed E-state index contributed by atoms with van der Waals surface area (Å²) in [5.41, 5.74) is 3.41. The van der Waals surface area contributed by atoms with Gasteiger partial charge in [-0.25, -0.2) is 0 Å². The van der Waals surface area contributed by atoms with Crippen LogP contribution in [0.4, 0.5) is 0 Å². The Morgan fingerprint density at radius 3 is 1.60 bits per heavy atom. The van der Waals surface area contributed by atoms with Crippen LogP contribution in [0.5, 0.6) is 17.2 Å². The molecule has 40 heavy (non-hydrogen) atoms. The molecule has 5 heteroatoms. The molecule has 0 aliphatic rings. The lowest BCUT2D eigenvalue weighted by Gasteiger charge is -2.17. The van der Waals surface area contributed by atoms with Crippen LogP contribution < -0.4 is 14.2 Å². The van der Waals surface area contributed by atoms with Crippen LogP contribution in [0.2, 0.25) is 0 Å². The molecule has 0 heterocycles. The number of ether oxygens (including phenoxy) is 3. The zero-order valence-corrected chi connectivity index (χ0v) is 29.1. The molecule has 2 unspecified atom stereocenters. The van der Waals surface area contributed by atoms with Gasteiger partial charge in [0, 0.05) is 22.3 Å². The van der Waals surface area contributed by atoms with Crippen molar-refractivity contribution in [1.82, 2.24) is 0 Å². The number of hydrogen-bond donors (Lipinski definition) is 0. The first-order valence-corrected chi connectivity index (χ1v) is 17.7. The first-order valence-electron chi connectivity index (χ1n) is 15.5. The zero-order valence-electron chi connectivity index (χ0n) is 25.9. The molecule has 0 bridgehead atoms. The average molecular weight is 683 g/mol. The van der Waals surface area contributed by atoms with Gasteiger partial charge in [-0.1, -0.05) is 124 Å². The van der Waals surface area contributed by atoms with Crippen molar-refractivity contribution in [2.45, 2.75) is 110 Å². The van der Waals surface area contributed by atoms with Crippen LogP contribution in [0.15, 0.2) is 36.4 Å². The largest absolute Gasteiger partial charge is 0.493 e. The molecule has 2 aromatic rings. The van der Waals surface area contributed by atoms with Crippen molar-refractivity contribution in [1.29, 1.82) is 0 Å². The maximum atomic E-state index is 6.32. The van der Waals surface area contributed by atoms with Crippen molar-refractivity contribution < 1.29 is 14.2 Å². The van der Waals surface area contributed by atoms with Gasteiger partial charge in [0.2, 0.25) is 0 Å². The van der Waals surface area contributed by atoms with Gasteiger partial charge in [-0.2, -0.15) is 0 Å². The van der Waals surface area contributed by atoms with Gasteiger partial charge in [-0.05, 0) is 65.8 Å². The highest BCUT2D eigenvalue weighted by atomic mass is 79.9. The van der Waals surface area contributed by atoms with Crippen LogP contribution in [-0.4, -0.2) is 13.2 Å². The molecule has 2 atom stereocenters. The Bertz CT molecular complexity index is 915. The Kier molecular flexibility index (Phi) is 17.4. The van der Waals surface area contributed by atoms with Crippen LogP contribution >= 0.6 is 31.9 Å². The average Bonchev–Trinajstić information content (AvgIpc) is 2.91. The maximum absolute atomic E-state index is 6.32. The topological polar surface area (TPSA) is 27.7 Å². The van der Waals surface area contributed by atoms with Crippen LogP contribution in [0.25, 0.3) is 0 Å². The van der Waals surface area contributed by atoms with Crippen molar-refractivity contribution in [3.8, 4) is 17.2 Å². The van der Waals surface area contributed by atoms with Gasteiger partial charge in [0.25, 0.3) is 0 Å². The molecular weight excluding hydrogens is 628 g/mol. The van der Waals surface area contributed by atoms with E-state index in [0.717, 1.165) is 76.9 Å². The van der Waals surface area contributed by atoms with Crippen LogP contribution in [-0.2, 0) is 17.3 Å². The number of rotatable bonds is 21. The lowest BCUT2D eigenvalue weighted by Crippen LogP contribution is -2.07. The van der Waals surface area contributed by atoms with E-state index < -0.39 is 0 Å². The van der Waals surface area contributed by atoms with E-state index in [1.54, 1.807) is 0 Å². The summed E-state index contributed by atoms with van der Waals surface area (Å²) in [5, 5.41) is 1.56. The van der Waals surface area contributed by atoms with Crippen molar-refractivity contribution in [3.63, 3.8) is 0 Å². The second-order valence-electron chi connectivity index (χ2n) is 12.4. The van der Waals surface area contributed by atoms with Gasteiger partial charge in [0.15, 0.2) is 0 Å². The maximum Gasteiger partial charge on any atom is 0.124 e. The second kappa shape index (κ2) is 19.8. The van der Waals surface area contributed by atoms with E-state index in [2.05, 4.69) is 104 Å². The molecule has 2 rings (SSSR count). The van der Waals surface area contributed by atoms with Crippen molar-refractivity contribution in [2.75, 3.05) is 13.2 Å². The smallest absolute Gasteiger partial charge is 0.124 e. The second-order valence-corrected chi connectivity index (χ2v) is 13.6. The highest BCUT2D eigenvalue weighted by Gasteiger charge is 2.10. The van der Waals surface area contributed by atoms with Crippen LogP contribution in [0, 0.1) is 23.7 Å². The van der Waals surface area contributed by atoms with Gasteiger partial charge in [-0.15, -0.1) is 0 Å². The van der Waals surface area contributed by atoms with Gasteiger partial charge < -0.3 is 14.2 Å². The highest BCUT2D eigenvalue weighted by Crippen LogP contribution is 2.28. The Morgan fingerprint density at radius 2 is 1.12 bits per heavy atom. The number of halogens is 2. The van der Waals surface area contributed by atoms with Crippen molar-refractivity contribution in [2.24, 2.45) is 23.7 Å². The van der Waals surface area contributed by atoms with Crippen LogP contribution in [0.1, 0.15) is 110 Å². The SMILES string of the molecule is CC(C)CCCC(C)CCOc1cc(COc2cc(CBr)ccc2CBr)cc(OCCC(C)CCCC(C)C)c1. The summed E-state index contributed by atoms with van der Waals surface area (Å²) in [5.74, 6) is 5.54. The lowest BCUT2D eigenvalue weighted by atomic mass is 9.98. The fraction of sp³-hybridized carbons (Fsp3) is 0.657. The fourth-order valence-electron chi connectivity index (χ4n) is 4.76. The summed E-state index contributed by atoms with van der Waals surface area (Å²) in [4.78, 5) is 0. The Balaban J connectivity index is 2.02. The minimum absolute atomic E-state index is 0.469. The predicted molar refractivity (Wildman–Crippen MR) is 178 cm³/mol. The molecule has 0 spiro atoms. The van der Waals surface area contributed by atoms with E-state index in [1.807, 2.05) is 6.07 Å². The molecule has 0 aliphatic carbocycles. The molecule has 0 aromatic heterocycles. The molecule has 0 aliphatic heterocycles. The lowest BCUT2D eigenvalue weighted by molar-refractivity contribution is 0.260. The molecule has 0 saturated heterocycles. The standard InChI is InChI=1S/C35H54Br2O3/c1-26(2)9-7-11-28(5)15-17-38-33-19-31(25-40-35-21-30(23-36)13-14-32(35)24-37)20-34(22-33)39-18-16-29(6)12-8-10-27(3)4/h13-14,19-22,26-29H,7-12,15-18,23-25H2,1-6H3. The van der Waals surface area contributed by atoms with Gasteiger partial charge in [0.1, 0.15) is 23.9 Å². The molecule has 226 valence electrons. The minimum atomic E-state index is 0.469. The third kappa shape index (κ3) is 14.6. The molecule has 0 saturated carbocycles. The molecular formula is C35H54Br2O3. The first-order chi connectivity index (χ1) is 19.2. The van der Waals surface area contributed by atoms with E-state index in [0.29, 0.717) is 18.4 Å². The Labute approximate surface area is 262 Å². The molecule has 0 radical (unpaired) electrons. The third-order valence-corrected chi connectivity index (χ3v) is 8.73. The summed E-state index contributed by atoms with van der Waals surface area (Å²) in [6.07, 6.45) is 9.87. The fourth-order valence-corrected chi connectivity index (χ4v) is 5.57. The molecule has 0 N–H and O–H groups in total. The van der Waals surface area contributed by atoms with E-state index in [9.17, 15) is 0 Å². The Morgan fingerprint density at radius 1 is 0.575 bits per heavy atom. The molecule has 0 fully saturated rings.